The van der Waals surface area contributed by atoms with Crippen LogP contribution in [0.5, 0.6) is 11.5 Å². The zero-order valence-electron chi connectivity index (χ0n) is 14.8. The van der Waals surface area contributed by atoms with E-state index in [9.17, 15) is 9.79 Å². The van der Waals surface area contributed by atoms with Gasteiger partial charge in [0, 0.05) is 23.3 Å². The molecule has 7 nitrogen and oxygen atoms in total. The zero-order chi connectivity index (χ0) is 19.0. The maximum absolute atomic E-state index is 9.19. The average Bonchev–Trinajstić information content (AvgIpc) is 3.11. The third-order valence-electron chi connectivity index (χ3n) is 4.42. The summed E-state index contributed by atoms with van der Waals surface area (Å²) in [6.07, 6.45) is 3.74. The topological polar surface area (TPSA) is 89.6 Å². The molecule has 4 rings (SSSR count). The van der Waals surface area contributed by atoms with Crippen molar-refractivity contribution in [1.29, 1.82) is 0 Å². The number of pyridine rings is 1. The van der Waals surface area contributed by atoms with E-state index in [0.717, 1.165) is 33.2 Å². The van der Waals surface area contributed by atoms with Gasteiger partial charge in [-0.1, -0.05) is 12.1 Å². The van der Waals surface area contributed by atoms with E-state index in [1.807, 2.05) is 41.0 Å². The van der Waals surface area contributed by atoms with Crippen molar-refractivity contribution in [3.05, 3.63) is 54.5 Å². The summed E-state index contributed by atoms with van der Waals surface area (Å²) in [5.41, 5.74) is 4.26. The third-order valence-corrected chi connectivity index (χ3v) is 5.07. The van der Waals surface area contributed by atoms with Crippen molar-refractivity contribution in [1.82, 2.24) is 14.5 Å². The predicted octanol–water partition coefficient (Wildman–Crippen LogP) is 3.39. The summed E-state index contributed by atoms with van der Waals surface area (Å²) in [6.45, 7) is 0. The summed E-state index contributed by atoms with van der Waals surface area (Å²) in [7, 11) is 1.25. The molecular weight excluding hydrogens is 365 g/mol. The molecule has 0 bridgehead atoms. The van der Waals surface area contributed by atoms with Crippen LogP contribution in [-0.4, -0.2) is 38.5 Å². The largest absolute Gasteiger partial charge is 0.493 e. The van der Waals surface area contributed by atoms with Gasteiger partial charge in [-0.3, -0.25) is 9.55 Å². The van der Waals surface area contributed by atoms with Gasteiger partial charge in [0.05, 0.1) is 31.4 Å². The minimum atomic E-state index is -1.95. The monoisotopic (exact) mass is 383 g/mol. The molecule has 2 aromatic heterocycles. The Morgan fingerprint density at radius 3 is 2.33 bits per heavy atom. The molecule has 0 aliphatic rings. The quantitative estimate of drug-likeness (QED) is 0.514. The maximum Gasteiger partial charge on any atom is 0.169 e. The van der Waals surface area contributed by atoms with Gasteiger partial charge in [0.15, 0.2) is 19.9 Å². The Labute approximate surface area is 156 Å². The number of aromatic nitrogens is 3. The van der Waals surface area contributed by atoms with Crippen molar-refractivity contribution < 1.29 is 19.3 Å². The van der Waals surface area contributed by atoms with Crippen LogP contribution in [0.15, 0.2) is 48.9 Å². The molecule has 0 spiro atoms. The number of imidazole rings is 1. The first kappa shape index (κ1) is 17.7. The summed E-state index contributed by atoms with van der Waals surface area (Å²) in [6, 6.07) is 11.4. The second-order valence-electron chi connectivity index (χ2n) is 6.03. The Hall–Kier alpha value is -2.73. The molecule has 0 aliphatic heterocycles. The molecule has 8 heteroatoms. The lowest BCUT2D eigenvalue weighted by Crippen LogP contribution is -1.96. The van der Waals surface area contributed by atoms with E-state index in [0.29, 0.717) is 11.5 Å². The van der Waals surface area contributed by atoms with Crippen molar-refractivity contribution >= 4 is 30.3 Å². The van der Waals surface area contributed by atoms with Crippen molar-refractivity contribution in [2.45, 2.75) is 6.16 Å². The Bertz CT molecular complexity index is 1110. The highest BCUT2D eigenvalue weighted by molar-refractivity contribution is 7.44. The summed E-state index contributed by atoms with van der Waals surface area (Å²) >= 11 is 0. The number of benzene rings is 2. The number of hydrogen-bond donors (Lipinski definition) is 2. The van der Waals surface area contributed by atoms with E-state index in [-0.39, 0.29) is 6.16 Å². The van der Waals surface area contributed by atoms with E-state index in [2.05, 4.69) is 9.97 Å². The first-order valence-electron chi connectivity index (χ1n) is 8.23. The van der Waals surface area contributed by atoms with E-state index < -0.39 is 8.38 Å². The summed E-state index contributed by atoms with van der Waals surface area (Å²) in [5.74, 6) is 1.25. The minimum absolute atomic E-state index is 0.254. The van der Waals surface area contributed by atoms with Crippen molar-refractivity contribution in [2.75, 3.05) is 14.2 Å². The number of rotatable bonds is 5. The molecule has 0 saturated heterocycles. The molecule has 27 heavy (non-hydrogen) atoms. The lowest BCUT2D eigenvalue weighted by atomic mass is 10.1. The molecule has 4 aromatic rings. The van der Waals surface area contributed by atoms with Gasteiger partial charge in [-0.25, -0.2) is 4.98 Å². The Morgan fingerprint density at radius 1 is 0.963 bits per heavy atom. The minimum Gasteiger partial charge on any atom is -0.493 e. The molecule has 138 valence electrons. The van der Waals surface area contributed by atoms with Gasteiger partial charge in [0.25, 0.3) is 0 Å². The molecular formula is C19H18N3O4P. The van der Waals surface area contributed by atoms with E-state index in [1.54, 1.807) is 26.7 Å². The lowest BCUT2D eigenvalue weighted by Gasteiger charge is -2.11. The van der Waals surface area contributed by atoms with Gasteiger partial charge in [0.1, 0.15) is 11.8 Å². The van der Waals surface area contributed by atoms with Gasteiger partial charge in [0.2, 0.25) is 0 Å². The molecule has 0 aliphatic carbocycles. The zero-order valence-corrected chi connectivity index (χ0v) is 15.7. The smallest absolute Gasteiger partial charge is 0.169 e. The number of ether oxygens (including phenoxy) is 2. The molecule has 2 aromatic carbocycles. The molecule has 0 unspecified atom stereocenters. The second-order valence-corrected chi connectivity index (χ2v) is 7.09. The van der Waals surface area contributed by atoms with E-state index >= 15 is 0 Å². The summed E-state index contributed by atoms with van der Waals surface area (Å²) in [4.78, 5) is 27.3. The Kier molecular flexibility index (Phi) is 4.66. The maximum atomic E-state index is 9.19. The number of hydrogen-bond acceptors (Lipinski definition) is 6. The van der Waals surface area contributed by atoms with E-state index in [1.165, 1.54) is 0 Å². The fourth-order valence-corrected chi connectivity index (χ4v) is 3.68. The highest BCUT2D eigenvalue weighted by Crippen LogP contribution is 2.35. The van der Waals surface area contributed by atoms with Crippen molar-refractivity contribution in [3.63, 3.8) is 0 Å². The number of nitrogens with zero attached hydrogens (tertiary/aromatic N) is 3. The van der Waals surface area contributed by atoms with Crippen LogP contribution in [-0.2, 0) is 6.16 Å². The van der Waals surface area contributed by atoms with Crippen LogP contribution in [0.3, 0.4) is 0 Å². The second kappa shape index (κ2) is 7.12. The summed E-state index contributed by atoms with van der Waals surface area (Å²) < 4.78 is 12.8. The molecule has 2 N–H and O–H groups in total. The predicted molar refractivity (Wildman–Crippen MR) is 105 cm³/mol. The average molecular weight is 383 g/mol. The fourth-order valence-electron chi connectivity index (χ4n) is 3.14. The van der Waals surface area contributed by atoms with Crippen LogP contribution in [0.1, 0.15) is 5.56 Å². The number of methoxy groups -OCH3 is 2. The molecule has 0 fully saturated rings. The van der Waals surface area contributed by atoms with Gasteiger partial charge in [-0.2, -0.15) is 0 Å². The van der Waals surface area contributed by atoms with Crippen molar-refractivity contribution in [2.24, 2.45) is 0 Å². The van der Waals surface area contributed by atoms with Gasteiger partial charge in [-0.15, -0.1) is 0 Å². The SMILES string of the molecule is COc1cc2ncc3ncn(-c4ccc(CP(O)O)cc4)c3c2cc1OC. The Morgan fingerprint density at radius 2 is 1.67 bits per heavy atom. The van der Waals surface area contributed by atoms with Crippen LogP contribution < -0.4 is 9.47 Å². The normalized spacial score (nSPS) is 11.4. The molecule has 0 saturated carbocycles. The molecule has 0 amide bonds. The van der Waals surface area contributed by atoms with Crippen LogP contribution in [0.25, 0.3) is 27.6 Å². The molecule has 0 atom stereocenters. The van der Waals surface area contributed by atoms with Gasteiger partial charge in [-0.05, 0) is 23.8 Å². The molecule has 0 radical (unpaired) electrons. The third kappa shape index (κ3) is 3.21. The highest BCUT2D eigenvalue weighted by Gasteiger charge is 2.14. The van der Waals surface area contributed by atoms with Crippen LogP contribution >= 0.6 is 8.38 Å². The fraction of sp³-hybridized carbons (Fsp3) is 0.158. The van der Waals surface area contributed by atoms with Crippen LogP contribution in [0.2, 0.25) is 0 Å². The Balaban J connectivity index is 1.90. The standard InChI is InChI=1S/C19H18N3O4P/c1-25-17-7-14-15(8-18(17)26-2)20-9-16-19(14)22(11-21-16)13-5-3-12(4-6-13)10-27(23)24/h3-9,11,23-24H,10H2,1-2H3. The highest BCUT2D eigenvalue weighted by atomic mass is 31.2. The van der Waals surface area contributed by atoms with E-state index in [4.69, 9.17) is 9.47 Å². The van der Waals surface area contributed by atoms with Crippen LogP contribution in [0.4, 0.5) is 0 Å². The lowest BCUT2D eigenvalue weighted by molar-refractivity contribution is 0.356. The first-order valence-corrected chi connectivity index (χ1v) is 9.66. The summed E-state index contributed by atoms with van der Waals surface area (Å²) in [5, 5.41) is 0.904. The van der Waals surface area contributed by atoms with Gasteiger partial charge < -0.3 is 19.3 Å². The van der Waals surface area contributed by atoms with Crippen LogP contribution in [0, 0.1) is 0 Å². The number of fused-ring (bicyclic) bond motifs is 3. The van der Waals surface area contributed by atoms with Crippen molar-refractivity contribution in [3.8, 4) is 17.2 Å². The first-order chi connectivity index (χ1) is 13.1. The van der Waals surface area contributed by atoms with Gasteiger partial charge >= 0.3 is 0 Å². The molecule has 2 heterocycles.